The number of hydrogen-bond donors (Lipinski definition) is 2. The van der Waals surface area contributed by atoms with Gasteiger partial charge in [-0.15, -0.1) is 0 Å². The minimum atomic E-state index is -0.901. The Morgan fingerprint density at radius 3 is 2.52 bits per heavy atom. The van der Waals surface area contributed by atoms with Crippen LogP contribution >= 0.6 is 0 Å². The Morgan fingerprint density at radius 2 is 1.88 bits per heavy atom. The van der Waals surface area contributed by atoms with E-state index in [-0.39, 0.29) is 17.7 Å². The molecule has 2 aliphatic rings. The molecule has 1 atom stereocenters. The number of carbonyl (C=O) groups excluding carboxylic acids is 3. The van der Waals surface area contributed by atoms with Crippen molar-refractivity contribution >= 4 is 17.8 Å². The highest BCUT2D eigenvalue weighted by Gasteiger charge is 2.51. The molecule has 2 fully saturated rings. The minimum absolute atomic E-state index is 0.00837. The van der Waals surface area contributed by atoms with Crippen LogP contribution in [0.3, 0.4) is 0 Å². The number of benzene rings is 1. The predicted molar refractivity (Wildman–Crippen MR) is 125 cm³/mol. The first-order valence-corrected chi connectivity index (χ1v) is 11.9. The number of piperidine rings is 1. The lowest BCUT2D eigenvalue weighted by atomic mass is 9.74. The van der Waals surface area contributed by atoms with E-state index >= 15 is 0 Å². The van der Waals surface area contributed by atoms with Crippen molar-refractivity contribution in [2.45, 2.75) is 57.4 Å². The number of rotatable bonds is 8. The fourth-order valence-corrected chi connectivity index (χ4v) is 5.23. The summed E-state index contributed by atoms with van der Waals surface area (Å²) in [6.45, 7) is 3.21. The number of urea groups is 1. The maximum atomic E-state index is 13.1. The van der Waals surface area contributed by atoms with E-state index in [9.17, 15) is 14.4 Å². The van der Waals surface area contributed by atoms with Gasteiger partial charge in [0.1, 0.15) is 11.2 Å². The predicted octanol–water partition coefficient (Wildman–Crippen LogP) is 2.83. The molecule has 8 nitrogen and oxygen atoms in total. The van der Waals surface area contributed by atoms with Crippen molar-refractivity contribution in [3.05, 3.63) is 53.3 Å². The van der Waals surface area contributed by atoms with Crippen LogP contribution in [0.15, 0.2) is 36.4 Å². The summed E-state index contributed by atoms with van der Waals surface area (Å²) in [5.41, 5.74) is 1.85. The molecule has 0 unspecified atom stereocenters. The van der Waals surface area contributed by atoms with E-state index in [1.165, 1.54) is 5.56 Å². The molecule has 1 aromatic carbocycles. The molecule has 0 radical (unpaired) electrons. The van der Waals surface area contributed by atoms with Crippen LogP contribution in [-0.2, 0) is 24.7 Å². The lowest BCUT2D eigenvalue weighted by molar-refractivity contribution is -0.127. The first kappa shape index (κ1) is 23.0. The Labute approximate surface area is 194 Å². The van der Waals surface area contributed by atoms with Gasteiger partial charge in [0.25, 0.3) is 11.8 Å². The zero-order valence-corrected chi connectivity index (χ0v) is 19.5. The molecular weight excluding hydrogens is 418 g/mol. The van der Waals surface area contributed by atoms with Gasteiger partial charge in [-0.1, -0.05) is 43.7 Å². The highest BCUT2D eigenvalue weighted by Crippen LogP contribution is 2.35. The standard InChI is InChI=1S/C25H33N5O3/c1-3-8-20-17-21(29(2)28-20)22(31)30-15-12-19(13-16-30)25(23(32)26-24(33)27-25)14-7-11-18-9-5-4-6-10-18/h4-6,9-10,17,19H,3,7-8,11-16H2,1-2H3,(H2,26,27,32,33)/t25-/m1/s1. The summed E-state index contributed by atoms with van der Waals surface area (Å²) >= 11 is 0. The van der Waals surface area contributed by atoms with Gasteiger partial charge in [0.2, 0.25) is 0 Å². The fraction of sp³-hybridized carbons (Fsp3) is 0.520. The van der Waals surface area contributed by atoms with Crippen LogP contribution < -0.4 is 10.6 Å². The number of likely N-dealkylation sites (tertiary alicyclic amines) is 1. The summed E-state index contributed by atoms with van der Waals surface area (Å²) in [6, 6.07) is 11.6. The highest BCUT2D eigenvalue weighted by atomic mass is 16.2. The van der Waals surface area contributed by atoms with Crippen LogP contribution in [0.4, 0.5) is 4.79 Å². The molecular formula is C25H33N5O3. The molecule has 2 aliphatic heterocycles. The van der Waals surface area contributed by atoms with E-state index in [1.54, 1.807) is 11.7 Å². The zero-order chi connectivity index (χ0) is 23.4. The number of nitrogens with one attached hydrogen (secondary N) is 2. The minimum Gasteiger partial charge on any atom is -0.337 e. The number of nitrogens with zero attached hydrogens (tertiary/aromatic N) is 3. The third kappa shape index (κ3) is 4.79. The molecule has 0 saturated carbocycles. The van der Waals surface area contributed by atoms with E-state index in [1.807, 2.05) is 29.2 Å². The molecule has 33 heavy (non-hydrogen) atoms. The maximum Gasteiger partial charge on any atom is 0.322 e. The Morgan fingerprint density at radius 1 is 1.15 bits per heavy atom. The van der Waals surface area contributed by atoms with Crippen molar-refractivity contribution in [1.29, 1.82) is 0 Å². The largest absolute Gasteiger partial charge is 0.337 e. The molecule has 8 heteroatoms. The van der Waals surface area contributed by atoms with Crippen molar-refractivity contribution in [3.8, 4) is 0 Å². The van der Waals surface area contributed by atoms with Crippen LogP contribution in [0, 0.1) is 5.92 Å². The smallest absolute Gasteiger partial charge is 0.322 e. The molecule has 2 saturated heterocycles. The number of hydrogen-bond acceptors (Lipinski definition) is 4. The fourth-order valence-electron chi connectivity index (χ4n) is 5.23. The van der Waals surface area contributed by atoms with E-state index in [0.29, 0.717) is 38.0 Å². The molecule has 176 valence electrons. The summed E-state index contributed by atoms with van der Waals surface area (Å²) in [6.07, 6.45) is 5.41. The van der Waals surface area contributed by atoms with Gasteiger partial charge < -0.3 is 10.2 Å². The second-order valence-electron chi connectivity index (χ2n) is 9.18. The second-order valence-corrected chi connectivity index (χ2v) is 9.18. The molecule has 3 heterocycles. The SMILES string of the molecule is CCCc1cc(C(=O)N2CCC([C@@]3(CCCc4ccccc4)NC(=O)NC3=O)CC2)n(C)n1. The van der Waals surface area contributed by atoms with Crippen molar-refractivity contribution in [2.24, 2.45) is 13.0 Å². The summed E-state index contributed by atoms with van der Waals surface area (Å²) in [5.74, 6) is -0.268. The van der Waals surface area contributed by atoms with Gasteiger partial charge in [-0.25, -0.2) is 4.79 Å². The molecule has 4 amide bonds. The van der Waals surface area contributed by atoms with Crippen LogP contribution in [0.1, 0.15) is 60.8 Å². The lowest BCUT2D eigenvalue weighted by Crippen LogP contribution is -2.56. The van der Waals surface area contributed by atoms with E-state index in [2.05, 4.69) is 34.8 Å². The number of imide groups is 1. The van der Waals surface area contributed by atoms with Crippen molar-refractivity contribution in [1.82, 2.24) is 25.3 Å². The Hall–Kier alpha value is -3.16. The molecule has 2 N–H and O–H groups in total. The van der Waals surface area contributed by atoms with E-state index < -0.39 is 11.6 Å². The number of aryl methyl sites for hydroxylation is 3. The van der Waals surface area contributed by atoms with Gasteiger partial charge in [-0.3, -0.25) is 19.6 Å². The van der Waals surface area contributed by atoms with Gasteiger partial charge in [-0.2, -0.15) is 5.10 Å². The van der Waals surface area contributed by atoms with Crippen LogP contribution in [0.25, 0.3) is 0 Å². The first-order chi connectivity index (χ1) is 15.9. The van der Waals surface area contributed by atoms with Crippen molar-refractivity contribution in [2.75, 3.05) is 13.1 Å². The quantitative estimate of drug-likeness (QED) is 0.603. The summed E-state index contributed by atoms with van der Waals surface area (Å²) in [5, 5.41) is 9.86. The van der Waals surface area contributed by atoms with Crippen LogP contribution in [-0.4, -0.2) is 51.2 Å². The van der Waals surface area contributed by atoms with Gasteiger partial charge in [-0.05, 0) is 56.1 Å². The van der Waals surface area contributed by atoms with Gasteiger partial charge >= 0.3 is 6.03 Å². The normalized spacial score (nSPS) is 21.2. The average molecular weight is 452 g/mol. The summed E-state index contributed by atoms with van der Waals surface area (Å²) in [4.78, 5) is 39.9. The Kier molecular flexibility index (Phi) is 6.81. The third-order valence-corrected chi connectivity index (χ3v) is 6.98. The molecule has 0 spiro atoms. The molecule has 4 rings (SSSR count). The van der Waals surface area contributed by atoms with Crippen LogP contribution in [0.5, 0.6) is 0 Å². The van der Waals surface area contributed by atoms with Crippen molar-refractivity contribution in [3.63, 3.8) is 0 Å². The van der Waals surface area contributed by atoms with Crippen molar-refractivity contribution < 1.29 is 14.4 Å². The number of amides is 4. The monoisotopic (exact) mass is 451 g/mol. The van der Waals surface area contributed by atoms with Crippen LogP contribution in [0.2, 0.25) is 0 Å². The number of carbonyl (C=O) groups is 3. The van der Waals surface area contributed by atoms with E-state index in [4.69, 9.17) is 0 Å². The lowest BCUT2D eigenvalue weighted by Gasteiger charge is -2.40. The molecule has 1 aromatic heterocycles. The van der Waals surface area contributed by atoms with Gasteiger partial charge in [0, 0.05) is 20.1 Å². The Balaban J connectivity index is 1.41. The summed E-state index contributed by atoms with van der Waals surface area (Å²) < 4.78 is 1.66. The third-order valence-electron chi connectivity index (χ3n) is 6.98. The highest BCUT2D eigenvalue weighted by molar-refractivity contribution is 6.07. The average Bonchev–Trinajstić information content (AvgIpc) is 3.32. The second kappa shape index (κ2) is 9.77. The Bertz CT molecular complexity index is 1010. The van der Waals surface area contributed by atoms with Gasteiger partial charge in [0.05, 0.1) is 5.69 Å². The first-order valence-electron chi connectivity index (χ1n) is 11.9. The molecule has 2 aromatic rings. The van der Waals surface area contributed by atoms with Gasteiger partial charge in [0.15, 0.2) is 0 Å². The zero-order valence-electron chi connectivity index (χ0n) is 19.5. The molecule has 0 aliphatic carbocycles. The topological polar surface area (TPSA) is 96.3 Å². The molecule has 0 bridgehead atoms. The number of aromatic nitrogens is 2. The summed E-state index contributed by atoms with van der Waals surface area (Å²) in [7, 11) is 1.80. The maximum absolute atomic E-state index is 13.1. The van der Waals surface area contributed by atoms with E-state index in [0.717, 1.165) is 31.4 Å².